The number of aryl methyl sites for hydroxylation is 2. The van der Waals surface area contributed by atoms with Gasteiger partial charge in [-0.1, -0.05) is 48.5 Å². The first-order chi connectivity index (χ1) is 15.1. The van der Waals surface area contributed by atoms with E-state index in [0.29, 0.717) is 6.04 Å². The highest BCUT2D eigenvalue weighted by Crippen LogP contribution is 2.27. The number of nitrogens with zero attached hydrogens (tertiary/aromatic N) is 2. The van der Waals surface area contributed by atoms with Crippen LogP contribution in [-0.2, 0) is 20.0 Å². The highest BCUT2D eigenvalue weighted by molar-refractivity contribution is 5.98. The minimum atomic E-state index is 0.125. The zero-order valence-corrected chi connectivity index (χ0v) is 18.1. The van der Waals surface area contributed by atoms with Crippen LogP contribution >= 0.6 is 0 Å². The molecule has 0 spiro atoms. The summed E-state index contributed by atoms with van der Waals surface area (Å²) in [4.78, 5) is 2.67. The third-order valence-corrected chi connectivity index (χ3v) is 6.89. The molecule has 1 unspecified atom stereocenters. The van der Waals surface area contributed by atoms with Gasteiger partial charge in [0.25, 0.3) is 0 Å². The van der Waals surface area contributed by atoms with Crippen LogP contribution in [0.3, 0.4) is 0 Å². The van der Waals surface area contributed by atoms with Crippen molar-refractivity contribution in [2.24, 2.45) is 12.8 Å². The fourth-order valence-corrected chi connectivity index (χ4v) is 5.11. The minimum absolute atomic E-state index is 0.125. The van der Waals surface area contributed by atoms with Gasteiger partial charge in [-0.05, 0) is 72.1 Å². The summed E-state index contributed by atoms with van der Waals surface area (Å²) in [6, 6.07) is 24.5. The number of likely N-dealkylation sites (tertiary alicyclic amines) is 1. The molecule has 0 amide bonds. The maximum Gasteiger partial charge on any atom is 0.122 e. The number of fused-ring (bicyclic) bond motifs is 2. The van der Waals surface area contributed by atoms with Crippen molar-refractivity contribution in [2.45, 2.75) is 38.3 Å². The van der Waals surface area contributed by atoms with E-state index in [4.69, 9.17) is 11.1 Å². The van der Waals surface area contributed by atoms with Gasteiger partial charge in [-0.2, -0.15) is 0 Å². The van der Waals surface area contributed by atoms with Gasteiger partial charge in [-0.3, -0.25) is 10.3 Å². The van der Waals surface area contributed by atoms with Crippen LogP contribution < -0.4 is 5.73 Å². The van der Waals surface area contributed by atoms with E-state index in [1.165, 1.54) is 53.2 Å². The monoisotopic (exact) mass is 410 g/mol. The quantitative estimate of drug-likeness (QED) is 0.338. The van der Waals surface area contributed by atoms with Crippen LogP contribution in [0.4, 0.5) is 0 Å². The van der Waals surface area contributed by atoms with Gasteiger partial charge in [0, 0.05) is 36.4 Å². The Bertz CT molecular complexity index is 1250. The molecule has 158 valence electrons. The first-order valence-electron chi connectivity index (χ1n) is 11.2. The Labute approximate surface area is 183 Å². The van der Waals surface area contributed by atoms with Crippen molar-refractivity contribution in [2.75, 3.05) is 6.54 Å². The van der Waals surface area contributed by atoms with Crippen LogP contribution in [0.1, 0.15) is 36.1 Å². The minimum Gasteiger partial charge on any atom is -0.384 e. The highest BCUT2D eigenvalue weighted by atomic mass is 15.2. The molecule has 3 N–H and O–H groups in total. The van der Waals surface area contributed by atoms with Crippen molar-refractivity contribution in [3.05, 3.63) is 83.6 Å². The molecule has 1 aliphatic heterocycles. The summed E-state index contributed by atoms with van der Waals surface area (Å²) in [5.41, 5.74) is 10.4. The molecule has 1 atom stereocenters. The Hall–Kier alpha value is -3.11. The maximum atomic E-state index is 7.70. The Balaban J connectivity index is 1.29. The molecule has 1 aromatic heterocycles. The lowest BCUT2D eigenvalue weighted by molar-refractivity contribution is 0.234. The second-order valence-corrected chi connectivity index (χ2v) is 8.87. The second-order valence-electron chi connectivity index (χ2n) is 8.87. The van der Waals surface area contributed by atoms with Crippen molar-refractivity contribution in [1.29, 1.82) is 5.41 Å². The Morgan fingerprint density at radius 2 is 1.81 bits per heavy atom. The standard InChI is InChI=1S/C27H30N4/c1-30-25(16-22-10-11-23(27(28)29)17-26(22)30)13-12-24-7-4-14-31(24)18-19-8-9-20-5-2-3-6-21(20)15-19/h2-3,5-6,8-11,15-17,24H,4,7,12-14,18H2,1H3,(H3,28,29). The molecule has 4 nitrogen and oxygen atoms in total. The van der Waals surface area contributed by atoms with Crippen LogP contribution in [0.15, 0.2) is 66.7 Å². The second kappa shape index (κ2) is 8.20. The van der Waals surface area contributed by atoms with Crippen molar-refractivity contribution in [3.8, 4) is 0 Å². The van der Waals surface area contributed by atoms with Gasteiger partial charge < -0.3 is 10.3 Å². The molecule has 0 bridgehead atoms. The van der Waals surface area contributed by atoms with E-state index in [2.05, 4.69) is 71.1 Å². The first kappa shape index (κ1) is 19.8. The number of aromatic nitrogens is 1. The summed E-state index contributed by atoms with van der Waals surface area (Å²) < 4.78 is 2.27. The van der Waals surface area contributed by atoms with Gasteiger partial charge in [-0.25, -0.2) is 0 Å². The third-order valence-electron chi connectivity index (χ3n) is 6.89. The average Bonchev–Trinajstić information content (AvgIpc) is 3.35. The molecule has 1 saturated heterocycles. The van der Waals surface area contributed by atoms with Crippen LogP contribution in [0, 0.1) is 5.41 Å². The summed E-state index contributed by atoms with van der Waals surface area (Å²) >= 11 is 0. The topological polar surface area (TPSA) is 58.0 Å². The average molecular weight is 411 g/mol. The predicted molar refractivity (Wildman–Crippen MR) is 130 cm³/mol. The number of rotatable bonds is 6. The van der Waals surface area contributed by atoms with Crippen molar-refractivity contribution >= 4 is 27.5 Å². The number of hydrogen-bond donors (Lipinski definition) is 2. The molecule has 5 rings (SSSR count). The fourth-order valence-electron chi connectivity index (χ4n) is 5.11. The number of amidine groups is 1. The van der Waals surface area contributed by atoms with Gasteiger partial charge in [0.05, 0.1) is 0 Å². The number of nitrogen functional groups attached to an aromatic ring is 1. The lowest BCUT2D eigenvalue weighted by Crippen LogP contribution is -2.29. The van der Waals surface area contributed by atoms with Gasteiger partial charge >= 0.3 is 0 Å². The lowest BCUT2D eigenvalue weighted by Gasteiger charge is -2.25. The van der Waals surface area contributed by atoms with Gasteiger partial charge in [-0.15, -0.1) is 0 Å². The molecule has 3 aromatic carbocycles. The van der Waals surface area contributed by atoms with E-state index in [9.17, 15) is 0 Å². The summed E-state index contributed by atoms with van der Waals surface area (Å²) in [5.74, 6) is 0.125. The van der Waals surface area contributed by atoms with E-state index < -0.39 is 0 Å². The first-order valence-corrected chi connectivity index (χ1v) is 11.2. The van der Waals surface area contributed by atoms with E-state index >= 15 is 0 Å². The van der Waals surface area contributed by atoms with Crippen molar-refractivity contribution < 1.29 is 0 Å². The summed E-state index contributed by atoms with van der Waals surface area (Å²) in [6.45, 7) is 2.22. The van der Waals surface area contributed by atoms with Gasteiger partial charge in [0.2, 0.25) is 0 Å². The third kappa shape index (κ3) is 3.96. The lowest BCUT2D eigenvalue weighted by atomic mass is 10.0. The number of nitrogens with two attached hydrogens (primary N) is 1. The van der Waals surface area contributed by atoms with Crippen LogP contribution in [0.2, 0.25) is 0 Å². The molecule has 0 saturated carbocycles. The van der Waals surface area contributed by atoms with Gasteiger partial charge in [0.1, 0.15) is 5.84 Å². The van der Waals surface area contributed by atoms with Crippen LogP contribution in [-0.4, -0.2) is 27.9 Å². The van der Waals surface area contributed by atoms with Crippen LogP contribution in [0.5, 0.6) is 0 Å². The Morgan fingerprint density at radius 1 is 1.00 bits per heavy atom. The number of hydrogen-bond acceptors (Lipinski definition) is 2. The number of benzene rings is 3. The SMILES string of the molecule is Cn1c(CCC2CCCN2Cc2ccc3ccccc3c2)cc2ccc(C(=N)N)cc21. The largest absolute Gasteiger partial charge is 0.384 e. The predicted octanol–water partition coefficient (Wildman–Crippen LogP) is 5.21. The van der Waals surface area contributed by atoms with Crippen molar-refractivity contribution in [3.63, 3.8) is 0 Å². The molecule has 2 heterocycles. The van der Waals surface area contributed by atoms with E-state index in [1.807, 2.05) is 12.1 Å². The van der Waals surface area contributed by atoms with E-state index in [0.717, 1.165) is 24.0 Å². The Kier molecular flexibility index (Phi) is 5.24. The molecule has 1 aliphatic rings. The van der Waals surface area contributed by atoms with E-state index in [1.54, 1.807) is 0 Å². The fraction of sp³-hybridized carbons (Fsp3) is 0.296. The summed E-state index contributed by atoms with van der Waals surface area (Å²) in [6.07, 6.45) is 4.82. The molecule has 1 fully saturated rings. The molecule has 31 heavy (non-hydrogen) atoms. The molecule has 4 heteroatoms. The molecular formula is C27H30N4. The smallest absolute Gasteiger partial charge is 0.122 e. The normalized spacial score (nSPS) is 17.0. The Morgan fingerprint density at radius 3 is 2.65 bits per heavy atom. The van der Waals surface area contributed by atoms with E-state index in [-0.39, 0.29) is 5.84 Å². The molecular weight excluding hydrogens is 380 g/mol. The molecule has 4 aromatic rings. The zero-order chi connectivity index (χ0) is 21.4. The highest BCUT2D eigenvalue weighted by Gasteiger charge is 2.24. The van der Waals surface area contributed by atoms with Crippen LogP contribution in [0.25, 0.3) is 21.7 Å². The maximum absolute atomic E-state index is 7.70. The summed E-state index contributed by atoms with van der Waals surface area (Å²) in [5, 5.41) is 11.6. The molecule has 0 aliphatic carbocycles. The van der Waals surface area contributed by atoms with Gasteiger partial charge in [0.15, 0.2) is 0 Å². The number of nitrogens with one attached hydrogen (secondary N) is 1. The zero-order valence-electron chi connectivity index (χ0n) is 18.1. The van der Waals surface area contributed by atoms with Crippen molar-refractivity contribution in [1.82, 2.24) is 9.47 Å². The summed E-state index contributed by atoms with van der Waals surface area (Å²) in [7, 11) is 2.13. The molecule has 0 radical (unpaired) electrons.